The molecule has 0 bridgehead atoms. The van der Waals surface area contributed by atoms with Gasteiger partial charge in [0.2, 0.25) is 5.88 Å². The van der Waals surface area contributed by atoms with Crippen LogP contribution >= 0.6 is 11.6 Å². The molecule has 1 aromatic carbocycles. The van der Waals surface area contributed by atoms with Crippen molar-refractivity contribution in [2.45, 2.75) is 26.7 Å². The second-order valence-electron chi connectivity index (χ2n) is 5.24. The maximum atomic E-state index is 13.7. The van der Waals surface area contributed by atoms with Gasteiger partial charge < -0.3 is 15.2 Å². The second kappa shape index (κ2) is 6.93. The molecule has 2 rings (SSSR count). The van der Waals surface area contributed by atoms with Crippen LogP contribution in [0.25, 0.3) is 0 Å². The van der Waals surface area contributed by atoms with Gasteiger partial charge in [-0.1, -0.05) is 17.7 Å². The lowest BCUT2D eigenvalue weighted by Gasteiger charge is -2.27. The molecule has 0 radical (unpaired) electrons. The van der Waals surface area contributed by atoms with Crippen molar-refractivity contribution < 1.29 is 18.7 Å². The third kappa shape index (κ3) is 3.08. The van der Waals surface area contributed by atoms with Gasteiger partial charge in [-0.2, -0.15) is 5.26 Å². The van der Waals surface area contributed by atoms with Crippen molar-refractivity contribution >= 4 is 17.6 Å². The number of hydrogen-bond acceptors (Lipinski definition) is 5. The fourth-order valence-corrected chi connectivity index (χ4v) is 2.83. The first-order valence-electron chi connectivity index (χ1n) is 7.22. The van der Waals surface area contributed by atoms with E-state index >= 15 is 0 Å². The third-order valence-electron chi connectivity index (χ3n) is 3.69. The van der Waals surface area contributed by atoms with Crippen LogP contribution in [-0.4, -0.2) is 12.6 Å². The van der Waals surface area contributed by atoms with Crippen molar-refractivity contribution in [2.24, 2.45) is 5.73 Å². The standard InChI is InChI=1S/C17H16ClFN2O3/c1-4-23-17(22)14-9(3)24-16(21)11(7-20)15(14)10-5-8(2)13(19)6-12(10)18/h5-6,15H,4,21H2,1-3H3. The molecule has 0 amide bonds. The molecule has 1 aliphatic rings. The molecule has 0 saturated carbocycles. The minimum Gasteiger partial charge on any atom is -0.463 e. The average molecular weight is 351 g/mol. The number of esters is 1. The highest BCUT2D eigenvalue weighted by molar-refractivity contribution is 6.31. The Labute approximate surface area is 144 Å². The Morgan fingerprint density at radius 1 is 1.50 bits per heavy atom. The summed E-state index contributed by atoms with van der Waals surface area (Å²) in [5, 5.41) is 9.55. The van der Waals surface area contributed by atoms with Crippen molar-refractivity contribution in [3.63, 3.8) is 0 Å². The number of nitriles is 1. The molecule has 0 spiro atoms. The predicted octanol–water partition coefficient (Wildman–Crippen LogP) is 3.43. The van der Waals surface area contributed by atoms with E-state index in [9.17, 15) is 14.4 Å². The summed E-state index contributed by atoms with van der Waals surface area (Å²) in [4.78, 5) is 12.4. The summed E-state index contributed by atoms with van der Waals surface area (Å²) >= 11 is 6.17. The lowest BCUT2D eigenvalue weighted by atomic mass is 9.82. The topological polar surface area (TPSA) is 85.3 Å². The van der Waals surface area contributed by atoms with Gasteiger partial charge in [0, 0.05) is 5.02 Å². The summed E-state index contributed by atoms with van der Waals surface area (Å²) in [6, 6.07) is 4.58. The monoisotopic (exact) mass is 350 g/mol. The zero-order valence-corrected chi connectivity index (χ0v) is 14.2. The zero-order valence-electron chi connectivity index (χ0n) is 13.4. The molecular formula is C17H16ClFN2O3. The van der Waals surface area contributed by atoms with Gasteiger partial charge in [-0.05, 0) is 38.0 Å². The number of nitrogens with zero attached hydrogens (tertiary/aromatic N) is 1. The van der Waals surface area contributed by atoms with Crippen molar-refractivity contribution in [3.05, 3.63) is 56.9 Å². The highest BCUT2D eigenvalue weighted by Crippen LogP contribution is 2.42. The van der Waals surface area contributed by atoms with E-state index in [1.807, 2.05) is 6.07 Å². The van der Waals surface area contributed by atoms with Crippen molar-refractivity contribution in [3.8, 4) is 6.07 Å². The zero-order chi connectivity index (χ0) is 18.0. The summed E-state index contributed by atoms with van der Waals surface area (Å²) < 4.78 is 24.1. The highest BCUT2D eigenvalue weighted by Gasteiger charge is 2.37. The summed E-state index contributed by atoms with van der Waals surface area (Å²) in [6.07, 6.45) is 0. The lowest BCUT2D eigenvalue weighted by molar-refractivity contribution is -0.139. The molecule has 1 aliphatic heterocycles. The molecule has 1 unspecified atom stereocenters. The molecule has 1 heterocycles. The minimum absolute atomic E-state index is 0.0246. The quantitative estimate of drug-likeness (QED) is 0.844. The summed E-state index contributed by atoms with van der Waals surface area (Å²) in [6.45, 7) is 4.93. The molecule has 1 aromatic rings. The molecule has 0 saturated heterocycles. The van der Waals surface area contributed by atoms with E-state index in [0.29, 0.717) is 11.1 Å². The summed E-state index contributed by atoms with van der Waals surface area (Å²) in [5.74, 6) is -1.91. The molecule has 1 atom stereocenters. The molecule has 2 N–H and O–H groups in total. The maximum Gasteiger partial charge on any atom is 0.338 e. The number of nitrogens with two attached hydrogens (primary N) is 1. The third-order valence-corrected chi connectivity index (χ3v) is 4.02. The summed E-state index contributed by atoms with van der Waals surface area (Å²) in [7, 11) is 0. The normalized spacial score (nSPS) is 17.4. The molecule has 7 heteroatoms. The Balaban J connectivity index is 2.72. The van der Waals surface area contributed by atoms with Crippen LogP contribution < -0.4 is 5.73 Å². The van der Waals surface area contributed by atoms with E-state index in [-0.39, 0.29) is 34.4 Å². The molecule has 5 nitrogen and oxygen atoms in total. The minimum atomic E-state index is -0.880. The van der Waals surface area contributed by atoms with E-state index in [2.05, 4.69) is 0 Å². The molecular weight excluding hydrogens is 335 g/mol. The van der Waals surface area contributed by atoms with Gasteiger partial charge in [0.15, 0.2) is 0 Å². The highest BCUT2D eigenvalue weighted by atomic mass is 35.5. The number of hydrogen-bond donors (Lipinski definition) is 1. The van der Waals surface area contributed by atoms with Crippen LogP contribution in [0, 0.1) is 24.1 Å². The van der Waals surface area contributed by atoms with Crippen LogP contribution in [0.2, 0.25) is 5.02 Å². The van der Waals surface area contributed by atoms with Crippen molar-refractivity contribution in [1.82, 2.24) is 0 Å². The molecule has 0 aliphatic carbocycles. The smallest absolute Gasteiger partial charge is 0.338 e. The number of benzene rings is 1. The van der Waals surface area contributed by atoms with E-state index in [0.717, 1.165) is 6.07 Å². The predicted molar refractivity (Wildman–Crippen MR) is 86.1 cm³/mol. The van der Waals surface area contributed by atoms with Gasteiger partial charge in [0.05, 0.1) is 18.1 Å². The van der Waals surface area contributed by atoms with Crippen LogP contribution in [0.15, 0.2) is 34.9 Å². The number of carbonyl (C=O) groups excluding carboxylic acids is 1. The first-order valence-corrected chi connectivity index (χ1v) is 7.60. The average Bonchev–Trinajstić information content (AvgIpc) is 2.50. The number of carbonyl (C=O) groups is 1. The lowest BCUT2D eigenvalue weighted by Crippen LogP contribution is -2.25. The summed E-state index contributed by atoms with van der Waals surface area (Å²) in [5.41, 5.74) is 6.66. The van der Waals surface area contributed by atoms with Crippen LogP contribution in [0.1, 0.15) is 30.9 Å². The number of allylic oxidation sites excluding steroid dienone is 2. The van der Waals surface area contributed by atoms with Crippen molar-refractivity contribution in [1.29, 1.82) is 5.26 Å². The van der Waals surface area contributed by atoms with E-state index in [1.165, 1.54) is 6.07 Å². The van der Waals surface area contributed by atoms with Crippen LogP contribution in [0.5, 0.6) is 0 Å². The molecule has 0 aromatic heterocycles. The van der Waals surface area contributed by atoms with Crippen molar-refractivity contribution in [2.75, 3.05) is 6.61 Å². The Bertz CT molecular complexity index is 809. The Morgan fingerprint density at radius 2 is 2.17 bits per heavy atom. The second-order valence-corrected chi connectivity index (χ2v) is 5.65. The fraction of sp³-hybridized carbons (Fsp3) is 0.294. The Hall–Kier alpha value is -2.52. The SMILES string of the molecule is CCOC(=O)C1=C(C)OC(N)=C(C#N)C1c1cc(C)c(F)cc1Cl. The first-order chi connectivity index (χ1) is 11.3. The van der Waals surface area contributed by atoms with Gasteiger partial charge in [-0.3, -0.25) is 0 Å². The van der Waals surface area contributed by atoms with Crippen LogP contribution in [0.3, 0.4) is 0 Å². The van der Waals surface area contributed by atoms with Gasteiger partial charge in [-0.25, -0.2) is 9.18 Å². The Morgan fingerprint density at radius 3 is 2.75 bits per heavy atom. The molecule has 24 heavy (non-hydrogen) atoms. The fourth-order valence-electron chi connectivity index (χ4n) is 2.57. The van der Waals surface area contributed by atoms with Crippen LogP contribution in [-0.2, 0) is 14.3 Å². The largest absolute Gasteiger partial charge is 0.463 e. The van der Waals surface area contributed by atoms with E-state index in [4.69, 9.17) is 26.8 Å². The van der Waals surface area contributed by atoms with Gasteiger partial charge in [0.25, 0.3) is 0 Å². The number of ether oxygens (including phenoxy) is 2. The maximum absolute atomic E-state index is 13.7. The molecule has 126 valence electrons. The molecule has 0 fully saturated rings. The number of aryl methyl sites for hydroxylation is 1. The van der Waals surface area contributed by atoms with Gasteiger partial charge in [-0.15, -0.1) is 0 Å². The van der Waals surface area contributed by atoms with Gasteiger partial charge in [0.1, 0.15) is 23.2 Å². The van der Waals surface area contributed by atoms with Crippen LogP contribution in [0.4, 0.5) is 4.39 Å². The van der Waals surface area contributed by atoms with E-state index in [1.54, 1.807) is 20.8 Å². The number of rotatable bonds is 3. The number of halogens is 2. The first kappa shape index (κ1) is 17.8. The van der Waals surface area contributed by atoms with E-state index < -0.39 is 17.7 Å². The van der Waals surface area contributed by atoms with Gasteiger partial charge >= 0.3 is 5.97 Å². The Kier molecular flexibility index (Phi) is 5.15.